The number of halogens is 1. The van der Waals surface area contributed by atoms with Crippen LogP contribution in [0, 0.1) is 5.82 Å². The topological polar surface area (TPSA) is 79.9 Å². The molecule has 1 unspecified atom stereocenters. The first-order valence-electron chi connectivity index (χ1n) is 8.11. The van der Waals surface area contributed by atoms with E-state index in [1.165, 1.54) is 17.0 Å². The molecule has 7 nitrogen and oxygen atoms in total. The Morgan fingerprint density at radius 2 is 1.88 bits per heavy atom. The fourth-order valence-electron chi connectivity index (χ4n) is 3.00. The molecule has 8 heteroatoms. The van der Waals surface area contributed by atoms with Gasteiger partial charge in [0.2, 0.25) is 12.7 Å². The Morgan fingerprint density at radius 1 is 1.12 bits per heavy atom. The number of benzene rings is 2. The second kappa shape index (κ2) is 6.55. The summed E-state index contributed by atoms with van der Waals surface area (Å²) in [6.07, 6.45) is 0.186. The van der Waals surface area contributed by atoms with Crippen LogP contribution < -0.4 is 25.0 Å². The second-order valence-electron chi connectivity index (χ2n) is 6.05. The lowest BCUT2D eigenvalue weighted by Gasteiger charge is -2.17. The van der Waals surface area contributed by atoms with Crippen LogP contribution >= 0.6 is 0 Å². The van der Waals surface area contributed by atoms with Crippen molar-refractivity contribution in [3.63, 3.8) is 0 Å². The maximum absolute atomic E-state index is 13.0. The molecule has 0 saturated carbocycles. The van der Waals surface area contributed by atoms with Crippen molar-refractivity contribution in [2.75, 3.05) is 23.6 Å². The Labute approximate surface area is 148 Å². The van der Waals surface area contributed by atoms with Crippen LogP contribution in [-0.2, 0) is 4.79 Å². The third-order valence-electron chi connectivity index (χ3n) is 4.23. The van der Waals surface area contributed by atoms with Gasteiger partial charge in [-0.05, 0) is 36.4 Å². The molecular formula is C18H16FN3O4. The number of nitrogens with zero attached hydrogens (tertiary/aromatic N) is 1. The van der Waals surface area contributed by atoms with Crippen molar-refractivity contribution in [3.8, 4) is 11.5 Å². The van der Waals surface area contributed by atoms with Gasteiger partial charge in [-0.2, -0.15) is 0 Å². The van der Waals surface area contributed by atoms with Crippen molar-refractivity contribution in [2.45, 2.75) is 12.5 Å². The van der Waals surface area contributed by atoms with Gasteiger partial charge < -0.3 is 25.0 Å². The molecule has 0 aromatic heterocycles. The number of ether oxygens (including phenoxy) is 2. The summed E-state index contributed by atoms with van der Waals surface area (Å²) >= 11 is 0. The van der Waals surface area contributed by atoms with Gasteiger partial charge in [-0.3, -0.25) is 4.79 Å². The molecule has 2 aliphatic rings. The highest BCUT2D eigenvalue weighted by molar-refractivity contribution is 5.97. The van der Waals surface area contributed by atoms with Crippen LogP contribution in [0.2, 0.25) is 0 Å². The molecule has 2 N–H and O–H groups in total. The van der Waals surface area contributed by atoms with Crippen LogP contribution in [-0.4, -0.2) is 31.3 Å². The van der Waals surface area contributed by atoms with Crippen LogP contribution in [0.15, 0.2) is 42.5 Å². The Bertz CT molecular complexity index is 856. The Kier molecular flexibility index (Phi) is 4.08. The number of anilines is 2. The number of amides is 3. The molecule has 2 aromatic rings. The van der Waals surface area contributed by atoms with Crippen LogP contribution in [0.1, 0.15) is 6.42 Å². The predicted molar refractivity (Wildman–Crippen MR) is 91.9 cm³/mol. The number of nitrogens with one attached hydrogen (secondary N) is 2. The third-order valence-corrected chi connectivity index (χ3v) is 4.23. The molecule has 1 fully saturated rings. The van der Waals surface area contributed by atoms with E-state index >= 15 is 0 Å². The van der Waals surface area contributed by atoms with Gasteiger partial charge in [0.05, 0.1) is 6.04 Å². The average Bonchev–Trinajstić information content (AvgIpc) is 3.21. The molecule has 3 amide bonds. The molecule has 0 bridgehead atoms. The van der Waals surface area contributed by atoms with E-state index in [-0.39, 0.29) is 31.0 Å². The summed E-state index contributed by atoms with van der Waals surface area (Å²) in [4.78, 5) is 25.9. The van der Waals surface area contributed by atoms with E-state index in [1.807, 2.05) is 0 Å². The third kappa shape index (κ3) is 3.26. The van der Waals surface area contributed by atoms with Crippen LogP contribution in [0.25, 0.3) is 0 Å². The molecule has 0 radical (unpaired) electrons. The van der Waals surface area contributed by atoms with Crippen molar-refractivity contribution < 1.29 is 23.5 Å². The van der Waals surface area contributed by atoms with Crippen LogP contribution in [0.5, 0.6) is 11.5 Å². The molecule has 134 valence electrons. The van der Waals surface area contributed by atoms with E-state index in [0.717, 1.165) is 0 Å². The molecule has 2 aliphatic heterocycles. The number of fused-ring (bicyclic) bond motifs is 1. The number of hydrogen-bond acceptors (Lipinski definition) is 4. The maximum Gasteiger partial charge on any atom is 0.319 e. The highest BCUT2D eigenvalue weighted by atomic mass is 19.1. The lowest BCUT2D eigenvalue weighted by atomic mass is 10.2. The maximum atomic E-state index is 13.0. The van der Waals surface area contributed by atoms with E-state index in [4.69, 9.17) is 9.47 Å². The molecule has 4 rings (SSSR count). The first-order valence-corrected chi connectivity index (χ1v) is 8.11. The molecule has 2 heterocycles. The zero-order valence-electron chi connectivity index (χ0n) is 13.7. The van der Waals surface area contributed by atoms with Gasteiger partial charge in [0, 0.05) is 30.4 Å². The van der Waals surface area contributed by atoms with Crippen LogP contribution in [0.4, 0.5) is 20.6 Å². The molecular weight excluding hydrogens is 341 g/mol. The van der Waals surface area contributed by atoms with E-state index in [2.05, 4.69) is 10.6 Å². The molecule has 2 aromatic carbocycles. The second-order valence-corrected chi connectivity index (χ2v) is 6.05. The summed E-state index contributed by atoms with van der Waals surface area (Å²) in [6, 6.07) is 10.0. The van der Waals surface area contributed by atoms with Gasteiger partial charge in [-0.1, -0.05) is 0 Å². The van der Waals surface area contributed by atoms with Crippen molar-refractivity contribution in [1.82, 2.24) is 5.32 Å². The number of rotatable bonds is 3. The number of carbonyl (C=O) groups is 2. The quantitative estimate of drug-likeness (QED) is 0.884. The smallest absolute Gasteiger partial charge is 0.319 e. The molecule has 1 atom stereocenters. The molecule has 0 spiro atoms. The molecule has 1 saturated heterocycles. The van der Waals surface area contributed by atoms with E-state index in [1.54, 1.807) is 30.3 Å². The van der Waals surface area contributed by atoms with Gasteiger partial charge >= 0.3 is 6.03 Å². The van der Waals surface area contributed by atoms with Crippen molar-refractivity contribution in [3.05, 3.63) is 48.3 Å². The summed E-state index contributed by atoms with van der Waals surface area (Å²) in [7, 11) is 0. The minimum Gasteiger partial charge on any atom is -0.454 e. The average molecular weight is 357 g/mol. The van der Waals surface area contributed by atoms with Crippen molar-refractivity contribution >= 4 is 23.3 Å². The number of carbonyl (C=O) groups excluding carboxylic acids is 2. The Hall–Kier alpha value is -3.29. The van der Waals surface area contributed by atoms with E-state index < -0.39 is 6.03 Å². The summed E-state index contributed by atoms with van der Waals surface area (Å²) in [5, 5.41) is 5.49. The fourth-order valence-corrected chi connectivity index (χ4v) is 3.00. The van der Waals surface area contributed by atoms with Gasteiger partial charge in [0.25, 0.3) is 0 Å². The lowest BCUT2D eigenvalue weighted by Crippen LogP contribution is -2.39. The number of hydrogen-bond donors (Lipinski definition) is 2. The lowest BCUT2D eigenvalue weighted by molar-refractivity contribution is -0.117. The zero-order chi connectivity index (χ0) is 18.1. The summed E-state index contributed by atoms with van der Waals surface area (Å²) in [5.74, 6) is 0.719. The minimum absolute atomic E-state index is 0.120. The van der Waals surface area contributed by atoms with Crippen LogP contribution in [0.3, 0.4) is 0 Å². The molecule has 26 heavy (non-hydrogen) atoms. The predicted octanol–water partition coefficient (Wildman–Crippen LogP) is 2.48. The van der Waals surface area contributed by atoms with Gasteiger partial charge in [-0.25, -0.2) is 9.18 Å². The van der Waals surface area contributed by atoms with Gasteiger partial charge in [-0.15, -0.1) is 0 Å². The summed E-state index contributed by atoms with van der Waals surface area (Å²) < 4.78 is 23.5. The van der Waals surface area contributed by atoms with E-state index in [9.17, 15) is 14.0 Å². The Balaban J connectivity index is 1.36. The first-order chi connectivity index (χ1) is 12.6. The minimum atomic E-state index is -0.414. The monoisotopic (exact) mass is 357 g/mol. The number of urea groups is 1. The highest BCUT2D eigenvalue weighted by Gasteiger charge is 2.31. The fraction of sp³-hybridized carbons (Fsp3) is 0.222. The van der Waals surface area contributed by atoms with Crippen molar-refractivity contribution in [1.29, 1.82) is 0 Å². The van der Waals surface area contributed by atoms with Gasteiger partial charge in [0.15, 0.2) is 11.5 Å². The van der Waals surface area contributed by atoms with E-state index in [0.29, 0.717) is 29.4 Å². The Morgan fingerprint density at radius 3 is 2.69 bits per heavy atom. The largest absolute Gasteiger partial charge is 0.454 e. The first kappa shape index (κ1) is 16.2. The van der Waals surface area contributed by atoms with Crippen molar-refractivity contribution in [2.24, 2.45) is 0 Å². The molecule has 0 aliphatic carbocycles. The summed E-state index contributed by atoms with van der Waals surface area (Å²) in [6.45, 7) is 0.493. The zero-order valence-corrected chi connectivity index (χ0v) is 13.7. The van der Waals surface area contributed by atoms with Gasteiger partial charge in [0.1, 0.15) is 5.82 Å². The highest BCUT2D eigenvalue weighted by Crippen LogP contribution is 2.34. The standard InChI is InChI=1S/C18H16FN3O4/c19-11-1-4-14(5-2-11)22-9-13(8-17(22)23)21-18(24)20-12-3-6-15-16(7-12)26-10-25-15/h1-7,13H,8-10H2,(H2,20,21,24). The summed E-state index contributed by atoms with van der Waals surface area (Å²) in [5.41, 5.74) is 1.17. The normalized spacial score (nSPS) is 18.1. The SMILES string of the molecule is O=C(Nc1ccc2c(c1)OCO2)NC1CC(=O)N(c2ccc(F)cc2)C1.